The lowest BCUT2D eigenvalue weighted by Gasteiger charge is -2.21. The molecule has 0 spiro atoms. The summed E-state index contributed by atoms with van der Waals surface area (Å²) in [5.41, 5.74) is -1.18. The quantitative estimate of drug-likeness (QED) is 0.628. The van der Waals surface area contributed by atoms with Crippen LogP contribution in [-0.2, 0) is 14.8 Å². The molecule has 0 unspecified atom stereocenters. The van der Waals surface area contributed by atoms with Gasteiger partial charge in [-0.1, -0.05) is 0 Å². The molecule has 1 atom stereocenters. The highest BCUT2D eigenvalue weighted by atomic mass is 32.2. The van der Waals surface area contributed by atoms with Crippen LogP contribution in [0.25, 0.3) is 11.0 Å². The first-order valence-corrected chi connectivity index (χ1v) is 9.32. The molecule has 3 N–H and O–H groups in total. The fraction of sp³-hybridized carbons (Fsp3) is 0.400. The second kappa shape index (κ2) is 6.45. The van der Waals surface area contributed by atoms with Crippen LogP contribution in [-0.4, -0.2) is 48.3 Å². The molecule has 1 aromatic carbocycles. The van der Waals surface area contributed by atoms with Crippen LogP contribution in [0.3, 0.4) is 0 Å². The number of H-pyrrole nitrogens is 2. The lowest BCUT2D eigenvalue weighted by atomic mass is 10.2. The Kier molecular flexibility index (Phi) is 4.48. The van der Waals surface area contributed by atoms with Crippen LogP contribution in [0.4, 0.5) is 0 Å². The first-order valence-electron chi connectivity index (χ1n) is 7.83. The molecule has 1 saturated heterocycles. The molecule has 1 aromatic heterocycles. The Morgan fingerprint density at radius 1 is 1.24 bits per heavy atom. The van der Waals surface area contributed by atoms with E-state index >= 15 is 0 Å². The van der Waals surface area contributed by atoms with E-state index in [2.05, 4.69) is 14.7 Å². The molecule has 9 nitrogen and oxygen atoms in total. The third-order valence-electron chi connectivity index (χ3n) is 4.29. The van der Waals surface area contributed by atoms with Crippen LogP contribution in [0, 0.1) is 0 Å². The molecular formula is C15H18N4O5S. The summed E-state index contributed by atoms with van der Waals surface area (Å²) in [6, 6.07) is 4.02. The zero-order valence-electron chi connectivity index (χ0n) is 13.5. The number of carbonyl (C=O) groups excluding carboxylic acids is 1. The lowest BCUT2D eigenvalue weighted by Crippen LogP contribution is -2.41. The SMILES string of the molecule is C[C@@H]1CCCN1C(=O)CNS(=O)(=O)c1ccc2[nH]c(=O)c(=O)[nH]c2c1. The van der Waals surface area contributed by atoms with E-state index in [1.54, 1.807) is 4.90 Å². The average Bonchev–Trinajstić information content (AvgIpc) is 2.99. The molecular weight excluding hydrogens is 348 g/mol. The Morgan fingerprint density at radius 2 is 1.92 bits per heavy atom. The van der Waals surface area contributed by atoms with E-state index in [1.165, 1.54) is 18.2 Å². The van der Waals surface area contributed by atoms with Gasteiger partial charge in [-0.2, -0.15) is 0 Å². The second-order valence-corrected chi connectivity index (χ2v) is 7.79. The van der Waals surface area contributed by atoms with E-state index in [9.17, 15) is 22.8 Å². The standard InChI is InChI=1S/C15H18N4O5S/c1-9-3-2-6-19(9)13(20)8-16-25(23,24)10-4-5-11-12(7-10)18-15(22)14(21)17-11/h4-5,7,9,16H,2-3,6,8H2,1H3,(H,17,21)(H,18,22)/t9-/m1/s1. The number of rotatable bonds is 4. The fourth-order valence-corrected chi connectivity index (χ4v) is 3.91. The highest BCUT2D eigenvalue weighted by molar-refractivity contribution is 7.89. The molecule has 0 aliphatic carbocycles. The number of fused-ring (bicyclic) bond motifs is 1. The number of hydrogen-bond donors (Lipinski definition) is 3. The van der Waals surface area contributed by atoms with E-state index in [0.29, 0.717) is 12.1 Å². The number of aromatic amines is 2. The molecule has 1 aliphatic rings. The molecule has 2 aromatic rings. The molecule has 25 heavy (non-hydrogen) atoms. The van der Waals surface area contributed by atoms with E-state index in [0.717, 1.165) is 12.8 Å². The van der Waals surface area contributed by atoms with Gasteiger partial charge in [-0.05, 0) is 38.0 Å². The van der Waals surface area contributed by atoms with E-state index in [4.69, 9.17) is 0 Å². The molecule has 10 heteroatoms. The van der Waals surface area contributed by atoms with Gasteiger partial charge in [-0.15, -0.1) is 0 Å². The van der Waals surface area contributed by atoms with Gasteiger partial charge in [0.1, 0.15) is 0 Å². The number of nitrogens with zero attached hydrogens (tertiary/aromatic N) is 1. The van der Waals surface area contributed by atoms with Gasteiger partial charge in [0.2, 0.25) is 15.9 Å². The predicted molar refractivity (Wildman–Crippen MR) is 90.8 cm³/mol. The van der Waals surface area contributed by atoms with Crippen molar-refractivity contribution in [1.82, 2.24) is 19.6 Å². The van der Waals surface area contributed by atoms with Crippen molar-refractivity contribution in [2.45, 2.75) is 30.7 Å². The molecule has 1 aliphatic heterocycles. The number of aromatic nitrogens is 2. The van der Waals surface area contributed by atoms with Crippen LogP contribution >= 0.6 is 0 Å². The lowest BCUT2D eigenvalue weighted by molar-refractivity contribution is -0.130. The largest absolute Gasteiger partial charge is 0.339 e. The first-order chi connectivity index (χ1) is 11.8. The van der Waals surface area contributed by atoms with Crippen molar-refractivity contribution in [3.8, 4) is 0 Å². The van der Waals surface area contributed by atoms with Crippen molar-refractivity contribution in [2.24, 2.45) is 0 Å². The van der Waals surface area contributed by atoms with E-state index in [-0.39, 0.29) is 28.9 Å². The molecule has 1 fully saturated rings. The summed E-state index contributed by atoms with van der Waals surface area (Å²) in [6.45, 7) is 2.24. The molecule has 0 radical (unpaired) electrons. The monoisotopic (exact) mass is 366 g/mol. The van der Waals surface area contributed by atoms with Crippen molar-refractivity contribution in [2.75, 3.05) is 13.1 Å². The second-order valence-electron chi connectivity index (χ2n) is 6.02. The van der Waals surface area contributed by atoms with Crippen molar-refractivity contribution in [1.29, 1.82) is 0 Å². The smallest absolute Gasteiger partial charge is 0.314 e. The highest BCUT2D eigenvalue weighted by Gasteiger charge is 2.26. The number of amides is 1. The van der Waals surface area contributed by atoms with Crippen LogP contribution in [0.2, 0.25) is 0 Å². The third-order valence-corrected chi connectivity index (χ3v) is 5.69. The van der Waals surface area contributed by atoms with Crippen molar-refractivity contribution >= 4 is 27.0 Å². The number of sulfonamides is 1. The van der Waals surface area contributed by atoms with Gasteiger partial charge in [0.15, 0.2) is 0 Å². The molecule has 0 saturated carbocycles. The average molecular weight is 366 g/mol. The Balaban J connectivity index is 1.81. The first kappa shape index (κ1) is 17.4. The summed E-state index contributed by atoms with van der Waals surface area (Å²) in [6.07, 6.45) is 1.82. The molecule has 3 rings (SSSR count). The van der Waals surface area contributed by atoms with Crippen LogP contribution in [0.5, 0.6) is 0 Å². The normalized spacial score (nSPS) is 18.0. The van der Waals surface area contributed by atoms with Crippen molar-refractivity contribution in [3.63, 3.8) is 0 Å². The minimum absolute atomic E-state index is 0.107. The predicted octanol–water partition coefficient (Wildman–Crippen LogP) is -0.494. The third kappa shape index (κ3) is 3.49. The fourth-order valence-electron chi connectivity index (χ4n) is 2.91. The maximum absolute atomic E-state index is 12.4. The topological polar surface area (TPSA) is 132 Å². The van der Waals surface area contributed by atoms with Gasteiger partial charge in [-0.25, -0.2) is 13.1 Å². The maximum Gasteiger partial charge on any atom is 0.314 e. The van der Waals surface area contributed by atoms with Gasteiger partial charge in [0.05, 0.1) is 22.5 Å². The van der Waals surface area contributed by atoms with Gasteiger partial charge in [0.25, 0.3) is 0 Å². The summed E-state index contributed by atoms with van der Waals surface area (Å²) in [5, 5.41) is 0. The van der Waals surface area contributed by atoms with Crippen LogP contribution in [0.1, 0.15) is 19.8 Å². The Hall–Kier alpha value is -2.46. The van der Waals surface area contributed by atoms with E-state index < -0.39 is 21.1 Å². The Morgan fingerprint density at radius 3 is 2.56 bits per heavy atom. The molecule has 1 amide bonds. The minimum atomic E-state index is -3.93. The summed E-state index contributed by atoms with van der Waals surface area (Å²) in [4.78, 5) is 41.0. The highest BCUT2D eigenvalue weighted by Crippen LogP contribution is 2.17. The van der Waals surface area contributed by atoms with Gasteiger partial charge in [-0.3, -0.25) is 14.4 Å². The van der Waals surface area contributed by atoms with Crippen LogP contribution in [0.15, 0.2) is 32.7 Å². The summed E-state index contributed by atoms with van der Waals surface area (Å²) < 4.78 is 27.0. The molecule has 134 valence electrons. The maximum atomic E-state index is 12.4. The number of hydrogen-bond acceptors (Lipinski definition) is 5. The zero-order chi connectivity index (χ0) is 18.2. The van der Waals surface area contributed by atoms with Gasteiger partial charge < -0.3 is 14.9 Å². The van der Waals surface area contributed by atoms with Crippen molar-refractivity contribution in [3.05, 3.63) is 38.9 Å². The summed E-state index contributed by atoms with van der Waals surface area (Å²) in [7, 11) is -3.93. The molecule has 0 bridgehead atoms. The summed E-state index contributed by atoms with van der Waals surface area (Å²) in [5.74, 6) is -0.271. The zero-order valence-corrected chi connectivity index (χ0v) is 14.4. The van der Waals surface area contributed by atoms with Gasteiger partial charge in [0, 0.05) is 12.6 Å². The minimum Gasteiger partial charge on any atom is -0.339 e. The summed E-state index contributed by atoms with van der Waals surface area (Å²) >= 11 is 0. The molecule has 2 heterocycles. The van der Waals surface area contributed by atoms with Crippen LogP contribution < -0.4 is 15.8 Å². The van der Waals surface area contributed by atoms with Gasteiger partial charge >= 0.3 is 11.1 Å². The number of nitrogens with one attached hydrogen (secondary N) is 3. The number of carbonyl (C=O) groups is 1. The Bertz CT molecular complexity index is 1040. The number of likely N-dealkylation sites (tertiary alicyclic amines) is 1. The number of benzene rings is 1. The Labute approximate surface area is 143 Å². The van der Waals surface area contributed by atoms with E-state index in [1.807, 2.05) is 6.92 Å². The van der Waals surface area contributed by atoms with Crippen molar-refractivity contribution < 1.29 is 13.2 Å².